The molecule has 1 aliphatic carbocycles. The summed E-state index contributed by atoms with van der Waals surface area (Å²) in [6.07, 6.45) is -17.3. The first-order valence-corrected chi connectivity index (χ1v) is 19.0. The molecule has 0 aromatic heterocycles. The number of alkyl halides is 8. The summed E-state index contributed by atoms with van der Waals surface area (Å²) in [5, 5.41) is -3.75. The third kappa shape index (κ3) is 11.5. The highest BCUT2D eigenvalue weighted by Gasteiger charge is 2.76. The van der Waals surface area contributed by atoms with E-state index in [2.05, 4.69) is 10.1 Å². The fraction of sp³-hybridized carbons (Fsp3) is 0.794. The van der Waals surface area contributed by atoms with E-state index in [0.29, 0.717) is 5.56 Å². The highest BCUT2D eigenvalue weighted by Crippen LogP contribution is 2.48. The first-order chi connectivity index (χ1) is 25.5. The van der Waals surface area contributed by atoms with Gasteiger partial charge in [-0.2, -0.15) is 30.5 Å². The van der Waals surface area contributed by atoms with Crippen molar-refractivity contribution in [2.45, 2.75) is 132 Å². The minimum atomic E-state index is -6.50. The van der Waals surface area contributed by atoms with E-state index in [1.54, 1.807) is 37.3 Å². The summed E-state index contributed by atoms with van der Waals surface area (Å²) in [4.78, 5) is 12.2. The van der Waals surface area contributed by atoms with Crippen LogP contribution in [-0.2, 0) is 57.4 Å². The van der Waals surface area contributed by atoms with E-state index in [1.807, 2.05) is 0 Å². The zero-order valence-corrected chi connectivity index (χ0v) is 30.8. The van der Waals surface area contributed by atoms with Crippen molar-refractivity contribution in [3.8, 4) is 0 Å². The summed E-state index contributed by atoms with van der Waals surface area (Å²) in [5.41, 5.74) is 0.513. The summed E-state index contributed by atoms with van der Waals surface area (Å²) in [7, 11) is 1.00. The number of fused-ring (bicyclic) bond motifs is 1. The van der Waals surface area contributed by atoms with Crippen LogP contribution < -0.4 is 5.32 Å². The van der Waals surface area contributed by atoms with Gasteiger partial charge in [0.05, 0.1) is 6.61 Å². The van der Waals surface area contributed by atoms with Crippen molar-refractivity contribution in [1.82, 2.24) is 5.32 Å². The highest BCUT2D eigenvalue weighted by atomic mass is 32.2. The predicted molar refractivity (Wildman–Crippen MR) is 175 cm³/mol. The Bertz CT molecular complexity index is 1330. The molecule has 2 heterocycles. The van der Waals surface area contributed by atoms with Crippen LogP contribution in [0.15, 0.2) is 30.3 Å². The second kappa shape index (κ2) is 19.9. The largest absolute Gasteiger partial charge is 0.533 e. The molecule has 4 rings (SSSR count). The quantitative estimate of drug-likeness (QED) is 0.0550. The van der Waals surface area contributed by atoms with Crippen LogP contribution in [0, 0.1) is 5.92 Å². The van der Waals surface area contributed by atoms with Gasteiger partial charge in [0.15, 0.2) is 18.7 Å². The third-order valence-corrected chi connectivity index (χ3v) is 10.5. The number of hydrogen-bond acceptors (Lipinski definition) is 10. The lowest BCUT2D eigenvalue weighted by atomic mass is 9.97. The predicted octanol–water partition coefficient (Wildman–Crippen LogP) is 6.92. The number of nitrogens with one attached hydrogen (secondary N) is 1. The Labute approximate surface area is 310 Å². The van der Waals surface area contributed by atoms with Crippen LogP contribution in [-0.4, -0.2) is 93.7 Å². The molecule has 1 saturated carbocycles. The molecule has 1 aromatic rings. The number of rotatable bonds is 18. The topological polar surface area (TPSA) is 120 Å². The van der Waals surface area contributed by atoms with Gasteiger partial charge in [-0.05, 0) is 25.7 Å². The molecule has 20 heteroatoms. The number of amides is 1. The van der Waals surface area contributed by atoms with Crippen molar-refractivity contribution in [1.29, 1.82) is 0 Å². The fourth-order valence-electron chi connectivity index (χ4n) is 6.29. The lowest BCUT2D eigenvalue weighted by Gasteiger charge is -2.47. The summed E-state index contributed by atoms with van der Waals surface area (Å²) in [5.74, 6) is -6.55. The monoisotopic (exact) mass is 814 g/mol. The molecule has 7 atom stereocenters. The van der Waals surface area contributed by atoms with Crippen LogP contribution in [0.5, 0.6) is 0 Å². The van der Waals surface area contributed by atoms with Crippen LogP contribution >= 0.6 is 0 Å². The fourth-order valence-corrected chi connectivity index (χ4v) is 7.12. The van der Waals surface area contributed by atoms with Gasteiger partial charge >= 0.3 is 23.4 Å². The van der Waals surface area contributed by atoms with Gasteiger partial charge in [0, 0.05) is 38.7 Å². The van der Waals surface area contributed by atoms with Gasteiger partial charge in [-0.15, -0.1) is 8.78 Å². The smallest absolute Gasteiger partial charge is 0.356 e. The molecule has 1 amide bonds. The standard InChI is InChI=1S/C34H47F8NO10S/c1-3-47-21-49-27-26-24(20-48-29(51-26)23-15-11-8-12-16-23)50-30(46-2)28(27)52-54(45)34(41,42)33(39,40)53-32(37,38)31(35,36)18-17-25(44)43-19-22-13-9-6-4-5-7-10-14-22/h8,11-12,15-16,22,24,26-30H,3-7,9-10,13-14,17-21H2,1-2H3,(H,43,44)/p+1/t24?,26-,27+,28+,29?,30-,54?/m1/s1. The second-order valence-electron chi connectivity index (χ2n) is 13.3. The third-order valence-electron chi connectivity index (χ3n) is 9.34. The van der Waals surface area contributed by atoms with Crippen molar-refractivity contribution in [3.63, 3.8) is 0 Å². The van der Waals surface area contributed by atoms with Crippen molar-refractivity contribution in [2.75, 3.05) is 33.7 Å². The molecule has 3 aliphatic rings. The van der Waals surface area contributed by atoms with E-state index >= 15 is 8.78 Å². The molecule has 0 bridgehead atoms. The van der Waals surface area contributed by atoms with Gasteiger partial charge in [-0.3, -0.25) is 4.79 Å². The molecule has 310 valence electrons. The van der Waals surface area contributed by atoms with E-state index in [0.717, 1.165) is 58.5 Å². The Kier molecular flexibility index (Phi) is 16.5. The minimum absolute atomic E-state index is 0.0464. The number of benzene rings is 1. The van der Waals surface area contributed by atoms with Crippen molar-refractivity contribution in [2.24, 2.45) is 5.92 Å². The van der Waals surface area contributed by atoms with Gasteiger partial charge in [-0.1, -0.05) is 73.1 Å². The number of carbonyl (C=O) groups is 1. The number of halogens is 8. The van der Waals surface area contributed by atoms with Crippen molar-refractivity contribution in [3.05, 3.63) is 35.9 Å². The molecular formula is C34H48F8NO10S+. The van der Waals surface area contributed by atoms with E-state index in [-0.39, 0.29) is 25.7 Å². The maximum Gasteiger partial charge on any atom is 0.533 e. The Morgan fingerprint density at radius 1 is 0.907 bits per heavy atom. The average Bonchev–Trinajstić information content (AvgIpc) is 3.27. The van der Waals surface area contributed by atoms with Crippen LogP contribution in [0.3, 0.4) is 0 Å². The number of methoxy groups -OCH3 is 1. The minimum Gasteiger partial charge on any atom is -0.356 e. The zero-order chi connectivity index (χ0) is 39.6. The molecule has 1 aromatic carbocycles. The van der Waals surface area contributed by atoms with Crippen LogP contribution in [0.1, 0.15) is 83.0 Å². The van der Waals surface area contributed by atoms with Gasteiger partial charge < -0.3 is 33.7 Å². The normalized spacial score (nSPS) is 27.3. The van der Waals surface area contributed by atoms with E-state index in [9.17, 15) is 35.3 Å². The number of ether oxygens (including phenoxy) is 7. The van der Waals surface area contributed by atoms with Crippen molar-refractivity contribution >= 4 is 17.0 Å². The maximum atomic E-state index is 15.1. The van der Waals surface area contributed by atoms with Crippen molar-refractivity contribution < 1.29 is 81.5 Å². The Balaban J connectivity index is 1.42. The van der Waals surface area contributed by atoms with E-state index in [1.165, 1.54) is 0 Å². The molecule has 11 nitrogen and oxygen atoms in total. The van der Waals surface area contributed by atoms with Gasteiger partial charge in [0.2, 0.25) is 5.91 Å². The highest BCUT2D eigenvalue weighted by molar-refractivity contribution is 7.81. The summed E-state index contributed by atoms with van der Waals surface area (Å²) < 4.78 is 172. The first kappa shape index (κ1) is 44.7. The van der Waals surface area contributed by atoms with Gasteiger partial charge in [-0.25, -0.2) is 4.74 Å². The lowest BCUT2D eigenvalue weighted by molar-refractivity contribution is -0.456. The molecule has 0 radical (unpaired) electrons. The van der Waals surface area contributed by atoms with Crippen LogP contribution in [0.25, 0.3) is 0 Å². The number of carbonyl (C=O) groups excluding carboxylic acids is 1. The molecule has 2 aliphatic heterocycles. The SMILES string of the molecule is CCOCO[C@@H]1[C@H](O[SH+](=O)C(F)(F)C(F)(F)OC(F)(F)C(F)(F)CCC(=O)NCC2CCCCCCCC2)[C@H](OC)OC2COC(c3ccccc3)O[C@H]21. The molecule has 54 heavy (non-hydrogen) atoms. The number of hydrogen-bond donors (Lipinski definition) is 1. The first-order valence-electron chi connectivity index (χ1n) is 17.8. The van der Waals surface area contributed by atoms with E-state index < -0.39 is 97.0 Å². The molecule has 1 N–H and O–H groups in total. The number of thiol groups is 1. The van der Waals surface area contributed by atoms with Crippen LogP contribution in [0.2, 0.25) is 0 Å². The lowest BCUT2D eigenvalue weighted by Crippen LogP contribution is -2.64. The molecular weight excluding hydrogens is 766 g/mol. The summed E-state index contributed by atoms with van der Waals surface area (Å²) in [6, 6.07) is 8.35. The summed E-state index contributed by atoms with van der Waals surface area (Å²) in [6.45, 7) is 1.09. The Hall–Kier alpha value is -2.04. The van der Waals surface area contributed by atoms with Gasteiger partial charge in [0.25, 0.3) is 11.1 Å². The average molecular weight is 815 g/mol. The Morgan fingerprint density at radius 3 is 2.19 bits per heavy atom. The Morgan fingerprint density at radius 2 is 1.56 bits per heavy atom. The molecule has 0 spiro atoms. The van der Waals surface area contributed by atoms with E-state index in [4.69, 9.17) is 32.6 Å². The molecule has 3 unspecified atom stereocenters. The maximum absolute atomic E-state index is 15.1. The summed E-state index contributed by atoms with van der Waals surface area (Å²) >= 11 is -5.08. The van der Waals surface area contributed by atoms with Crippen LogP contribution in [0.4, 0.5) is 35.1 Å². The molecule has 2 saturated heterocycles. The van der Waals surface area contributed by atoms with Gasteiger partial charge in [0.1, 0.15) is 25.1 Å². The molecule has 3 fully saturated rings. The zero-order valence-electron chi connectivity index (χ0n) is 29.9. The second-order valence-corrected chi connectivity index (χ2v) is 14.6.